The molecule has 0 aromatic heterocycles. The number of ether oxygens (including phenoxy) is 1. The van der Waals surface area contributed by atoms with Crippen molar-refractivity contribution in [2.75, 3.05) is 14.2 Å². The Labute approximate surface area is 77.3 Å². The van der Waals surface area contributed by atoms with Crippen LogP contribution in [0, 0.1) is 0 Å². The first-order valence-corrected chi connectivity index (χ1v) is 3.85. The molecule has 0 aromatic rings. The lowest BCUT2D eigenvalue weighted by Crippen LogP contribution is -2.57. The average Bonchev–Trinajstić information content (AvgIpc) is 2.13. The highest BCUT2D eigenvalue weighted by atomic mass is 16.5. The van der Waals surface area contributed by atoms with Crippen LogP contribution in [0.25, 0.3) is 0 Å². The second-order valence-corrected chi connectivity index (χ2v) is 3.05. The Morgan fingerprint density at radius 3 is 2.38 bits per heavy atom. The van der Waals surface area contributed by atoms with Crippen LogP contribution < -0.4 is 0 Å². The summed E-state index contributed by atoms with van der Waals surface area (Å²) in [6.07, 6.45) is -0.0934. The zero-order chi connectivity index (χ0) is 10.6. The van der Waals surface area contributed by atoms with Gasteiger partial charge < -0.3 is 14.7 Å². The molecule has 0 aliphatic carbocycles. The van der Waals surface area contributed by atoms with Gasteiger partial charge in [-0.05, 0) is 13.8 Å². The molecule has 1 amide bonds. The molecule has 0 radical (unpaired) electrons. The van der Waals surface area contributed by atoms with E-state index in [4.69, 9.17) is 9.84 Å². The number of aliphatic carboxylic acids is 1. The molecule has 0 saturated carbocycles. The van der Waals surface area contributed by atoms with Crippen molar-refractivity contribution < 1.29 is 19.4 Å². The zero-order valence-corrected chi connectivity index (χ0v) is 8.27. The van der Waals surface area contributed by atoms with Crippen molar-refractivity contribution in [3.63, 3.8) is 0 Å². The summed E-state index contributed by atoms with van der Waals surface area (Å²) in [7, 11) is 2.82. The van der Waals surface area contributed by atoms with E-state index in [1.54, 1.807) is 6.92 Å². The molecule has 5 nitrogen and oxygen atoms in total. The lowest BCUT2D eigenvalue weighted by atomic mass is 9.94. The Morgan fingerprint density at radius 1 is 1.69 bits per heavy atom. The number of amides is 1. The van der Waals surface area contributed by atoms with Gasteiger partial charge >= 0.3 is 5.97 Å². The van der Waals surface area contributed by atoms with Gasteiger partial charge in [0.15, 0.2) is 5.54 Å². The van der Waals surface area contributed by atoms with Crippen molar-refractivity contribution in [1.82, 2.24) is 4.90 Å². The number of likely N-dealkylation sites (N-methyl/N-ethyl adjacent to an activating group) is 1. The molecule has 0 aliphatic heterocycles. The van der Waals surface area contributed by atoms with Crippen LogP contribution >= 0.6 is 0 Å². The van der Waals surface area contributed by atoms with Crippen molar-refractivity contribution in [2.24, 2.45) is 0 Å². The van der Waals surface area contributed by atoms with Crippen molar-refractivity contribution in [1.29, 1.82) is 0 Å². The molecule has 2 unspecified atom stereocenters. The van der Waals surface area contributed by atoms with Gasteiger partial charge in [-0.15, -0.1) is 0 Å². The maximum absolute atomic E-state index is 10.9. The van der Waals surface area contributed by atoms with Gasteiger partial charge in [-0.25, -0.2) is 4.79 Å². The fraction of sp³-hybridized carbons (Fsp3) is 0.750. The number of methoxy groups -OCH3 is 1. The van der Waals surface area contributed by atoms with E-state index in [0.717, 1.165) is 4.90 Å². The van der Waals surface area contributed by atoms with Crippen LogP contribution in [0.4, 0.5) is 0 Å². The van der Waals surface area contributed by atoms with Gasteiger partial charge in [0.25, 0.3) is 0 Å². The summed E-state index contributed by atoms with van der Waals surface area (Å²) in [5.74, 6) is -1.09. The van der Waals surface area contributed by atoms with Crippen LogP contribution in [0.2, 0.25) is 0 Å². The van der Waals surface area contributed by atoms with Crippen molar-refractivity contribution in [3.05, 3.63) is 0 Å². The van der Waals surface area contributed by atoms with E-state index in [1.807, 2.05) is 0 Å². The van der Waals surface area contributed by atoms with Crippen molar-refractivity contribution >= 4 is 12.4 Å². The summed E-state index contributed by atoms with van der Waals surface area (Å²) in [5.41, 5.74) is -1.32. The fourth-order valence-corrected chi connectivity index (χ4v) is 0.950. The minimum atomic E-state index is -1.32. The third-order valence-corrected chi connectivity index (χ3v) is 2.47. The highest BCUT2D eigenvalue weighted by Gasteiger charge is 2.43. The Bertz CT molecular complexity index is 206. The smallest absolute Gasteiger partial charge is 0.332 e. The number of carboxylic acids is 1. The highest BCUT2D eigenvalue weighted by molar-refractivity contribution is 5.81. The van der Waals surface area contributed by atoms with Crippen LogP contribution in [-0.2, 0) is 14.3 Å². The van der Waals surface area contributed by atoms with E-state index in [0.29, 0.717) is 6.41 Å². The summed E-state index contributed by atoms with van der Waals surface area (Å²) in [5, 5.41) is 8.96. The van der Waals surface area contributed by atoms with Gasteiger partial charge in [0.05, 0.1) is 6.10 Å². The second kappa shape index (κ2) is 4.23. The predicted octanol–water partition coefficient (Wildman–Crippen LogP) is -0.0472. The summed E-state index contributed by atoms with van der Waals surface area (Å²) in [4.78, 5) is 22.5. The quantitative estimate of drug-likeness (QED) is 0.616. The maximum atomic E-state index is 10.9. The molecule has 0 spiro atoms. The number of nitrogens with zero attached hydrogens (tertiary/aromatic N) is 1. The van der Waals surface area contributed by atoms with Gasteiger partial charge in [0, 0.05) is 14.2 Å². The maximum Gasteiger partial charge on any atom is 0.332 e. The standard InChI is InChI=1S/C8H15NO4/c1-6(13-4)8(2,7(11)12)9(3)5-10/h5-6H,1-4H3,(H,11,12). The number of hydrogen-bond donors (Lipinski definition) is 1. The molecular formula is C8H15NO4. The summed E-state index contributed by atoms with van der Waals surface area (Å²) < 4.78 is 4.92. The van der Waals surface area contributed by atoms with Gasteiger partial charge in [0.1, 0.15) is 0 Å². The SMILES string of the molecule is COC(C)C(C)(C(=O)O)N(C)C=O. The monoisotopic (exact) mass is 189 g/mol. The summed E-state index contributed by atoms with van der Waals surface area (Å²) in [6.45, 7) is 3.05. The number of carboxylic acid groups (broad SMARTS) is 1. The van der Waals surface area contributed by atoms with E-state index in [1.165, 1.54) is 21.1 Å². The molecule has 0 fully saturated rings. The molecule has 13 heavy (non-hydrogen) atoms. The van der Waals surface area contributed by atoms with E-state index in [-0.39, 0.29) is 0 Å². The zero-order valence-electron chi connectivity index (χ0n) is 8.27. The number of rotatable bonds is 5. The van der Waals surface area contributed by atoms with Gasteiger partial charge in [-0.2, -0.15) is 0 Å². The van der Waals surface area contributed by atoms with E-state index < -0.39 is 17.6 Å². The predicted molar refractivity (Wildman–Crippen MR) is 46.3 cm³/mol. The van der Waals surface area contributed by atoms with E-state index in [9.17, 15) is 9.59 Å². The minimum Gasteiger partial charge on any atom is -0.479 e. The third kappa shape index (κ3) is 1.98. The molecule has 1 N–H and O–H groups in total. The molecule has 0 saturated heterocycles. The largest absolute Gasteiger partial charge is 0.479 e. The second-order valence-electron chi connectivity index (χ2n) is 3.05. The van der Waals surface area contributed by atoms with Crippen LogP contribution in [0.1, 0.15) is 13.8 Å². The lowest BCUT2D eigenvalue weighted by Gasteiger charge is -2.36. The molecule has 0 aromatic carbocycles. The van der Waals surface area contributed by atoms with Crippen LogP contribution in [-0.4, -0.2) is 48.2 Å². The van der Waals surface area contributed by atoms with E-state index in [2.05, 4.69) is 0 Å². The van der Waals surface area contributed by atoms with Crippen LogP contribution in [0.5, 0.6) is 0 Å². The first-order chi connectivity index (χ1) is 5.91. The minimum absolute atomic E-state index is 0.476. The Balaban J connectivity index is 4.93. The summed E-state index contributed by atoms with van der Waals surface area (Å²) in [6, 6.07) is 0. The highest BCUT2D eigenvalue weighted by Crippen LogP contribution is 2.19. The molecule has 0 aliphatic rings. The van der Waals surface area contributed by atoms with Crippen molar-refractivity contribution in [3.8, 4) is 0 Å². The van der Waals surface area contributed by atoms with Gasteiger partial charge in [-0.3, -0.25) is 4.79 Å². The van der Waals surface area contributed by atoms with Crippen LogP contribution in [0.15, 0.2) is 0 Å². The topological polar surface area (TPSA) is 66.8 Å². The van der Waals surface area contributed by atoms with Crippen molar-refractivity contribution in [2.45, 2.75) is 25.5 Å². The number of carbonyl (C=O) groups excluding carboxylic acids is 1. The van der Waals surface area contributed by atoms with E-state index >= 15 is 0 Å². The van der Waals surface area contributed by atoms with Gasteiger partial charge in [0.2, 0.25) is 6.41 Å². The molecule has 5 heteroatoms. The Kier molecular flexibility index (Phi) is 3.87. The lowest BCUT2D eigenvalue weighted by molar-refractivity contribution is -0.161. The van der Waals surface area contributed by atoms with Crippen LogP contribution in [0.3, 0.4) is 0 Å². The molecule has 2 atom stereocenters. The normalized spacial score (nSPS) is 17.2. The first kappa shape index (κ1) is 11.9. The molecule has 0 heterocycles. The first-order valence-electron chi connectivity index (χ1n) is 3.85. The van der Waals surface area contributed by atoms with Gasteiger partial charge in [-0.1, -0.05) is 0 Å². The molecule has 0 rings (SSSR count). The summed E-state index contributed by atoms with van der Waals surface area (Å²) >= 11 is 0. The fourth-order valence-electron chi connectivity index (χ4n) is 0.950. The Hall–Kier alpha value is -1.10. The molecular weight excluding hydrogens is 174 g/mol. The average molecular weight is 189 g/mol. The number of carbonyl (C=O) groups is 2. The Morgan fingerprint density at radius 2 is 2.15 bits per heavy atom. The molecule has 0 bridgehead atoms. The third-order valence-electron chi connectivity index (χ3n) is 2.47. The number of hydrogen-bond acceptors (Lipinski definition) is 3. The molecule has 76 valence electrons.